The summed E-state index contributed by atoms with van der Waals surface area (Å²) in [6, 6.07) is 7.91. The highest BCUT2D eigenvalue weighted by Gasteiger charge is 2.35. The van der Waals surface area contributed by atoms with E-state index in [9.17, 15) is 14.9 Å². The lowest BCUT2D eigenvalue weighted by atomic mass is 9.98. The Hall–Kier alpha value is -3.19. The van der Waals surface area contributed by atoms with Crippen LogP contribution in [0.3, 0.4) is 0 Å². The molecule has 0 amide bonds. The second kappa shape index (κ2) is 7.33. The zero-order valence-electron chi connectivity index (χ0n) is 16.6. The van der Waals surface area contributed by atoms with Gasteiger partial charge in [-0.15, -0.1) is 0 Å². The number of rotatable bonds is 4. The minimum Gasteiger partial charge on any atom is -0.478 e. The smallest absolute Gasteiger partial charge is 0.269 e. The number of non-ortho nitro benzene ring substituents is 1. The Morgan fingerprint density at radius 3 is 2.66 bits per heavy atom. The van der Waals surface area contributed by atoms with Crippen LogP contribution in [0.1, 0.15) is 40.9 Å². The molecule has 0 spiro atoms. The van der Waals surface area contributed by atoms with Gasteiger partial charge in [0.25, 0.3) is 5.69 Å². The molecular weight excluding hydrogens is 372 g/mol. The van der Waals surface area contributed by atoms with Crippen molar-refractivity contribution in [1.82, 2.24) is 4.90 Å². The van der Waals surface area contributed by atoms with E-state index in [4.69, 9.17) is 9.47 Å². The molecule has 2 aliphatic rings. The van der Waals surface area contributed by atoms with Gasteiger partial charge in [-0.05, 0) is 48.2 Å². The van der Waals surface area contributed by atoms with Crippen LogP contribution in [0.4, 0.5) is 5.69 Å². The summed E-state index contributed by atoms with van der Waals surface area (Å²) in [4.78, 5) is 25.5. The third kappa shape index (κ3) is 3.61. The van der Waals surface area contributed by atoms with Gasteiger partial charge in [0.2, 0.25) is 5.78 Å². The first-order chi connectivity index (χ1) is 13.8. The van der Waals surface area contributed by atoms with Gasteiger partial charge in [0.15, 0.2) is 5.76 Å². The molecule has 29 heavy (non-hydrogen) atoms. The molecule has 2 heterocycles. The SMILES string of the molecule is Cc1cc2c(c3c1C(=O)/C(=C/c1ccc([N+](=O)[O-])cc1)O3)CN(CC(C)C)CO2. The molecule has 150 valence electrons. The Balaban J connectivity index is 1.67. The summed E-state index contributed by atoms with van der Waals surface area (Å²) in [5.74, 6) is 1.85. The maximum absolute atomic E-state index is 13.0. The third-order valence-electron chi connectivity index (χ3n) is 5.01. The standard InChI is InChI=1S/C22H22N2O5/c1-13(2)10-23-11-17-18(28-12-23)8-14(3)20-21(25)19(29-22(17)20)9-15-4-6-16(7-5-15)24(26)27/h4-9,13H,10-12H2,1-3H3/b19-9-. The molecule has 2 aliphatic heterocycles. The molecule has 7 heteroatoms. The zero-order chi connectivity index (χ0) is 20.7. The summed E-state index contributed by atoms with van der Waals surface area (Å²) in [7, 11) is 0. The van der Waals surface area contributed by atoms with E-state index >= 15 is 0 Å². The van der Waals surface area contributed by atoms with Gasteiger partial charge in [0.05, 0.1) is 16.1 Å². The summed E-state index contributed by atoms with van der Waals surface area (Å²) in [5, 5.41) is 10.8. The van der Waals surface area contributed by atoms with Gasteiger partial charge in [-0.25, -0.2) is 0 Å². The fraction of sp³-hybridized carbons (Fsp3) is 0.318. The van der Waals surface area contributed by atoms with Gasteiger partial charge in [0.1, 0.15) is 18.2 Å². The monoisotopic (exact) mass is 394 g/mol. The van der Waals surface area contributed by atoms with Crippen molar-refractivity contribution in [3.63, 3.8) is 0 Å². The number of nitrogens with zero attached hydrogens (tertiary/aromatic N) is 2. The van der Waals surface area contributed by atoms with Crippen molar-refractivity contribution in [1.29, 1.82) is 0 Å². The highest BCUT2D eigenvalue weighted by atomic mass is 16.6. The van der Waals surface area contributed by atoms with Crippen molar-refractivity contribution in [2.45, 2.75) is 27.3 Å². The number of aryl methyl sites for hydroxylation is 1. The molecule has 2 aromatic rings. The number of allylic oxidation sites excluding steroid dienone is 1. The van der Waals surface area contributed by atoms with E-state index in [0.717, 1.165) is 23.4 Å². The van der Waals surface area contributed by atoms with Crippen LogP contribution in [-0.2, 0) is 6.54 Å². The van der Waals surface area contributed by atoms with E-state index in [-0.39, 0.29) is 17.2 Å². The number of ether oxygens (including phenoxy) is 2. The maximum atomic E-state index is 13.0. The number of benzene rings is 2. The molecule has 0 aromatic heterocycles. The normalized spacial score (nSPS) is 17.1. The number of hydrogen-bond acceptors (Lipinski definition) is 6. The van der Waals surface area contributed by atoms with E-state index in [2.05, 4.69) is 18.7 Å². The Morgan fingerprint density at radius 2 is 2.00 bits per heavy atom. The lowest BCUT2D eigenvalue weighted by molar-refractivity contribution is -0.384. The van der Waals surface area contributed by atoms with Crippen molar-refractivity contribution < 1.29 is 19.2 Å². The summed E-state index contributed by atoms with van der Waals surface area (Å²) < 4.78 is 11.9. The van der Waals surface area contributed by atoms with Crippen LogP contribution in [0.15, 0.2) is 36.1 Å². The number of nitro groups is 1. The number of Topliss-reactive ketones (excluding diaryl/α,β-unsaturated/α-hetero) is 1. The molecule has 2 aromatic carbocycles. The predicted molar refractivity (Wildman–Crippen MR) is 108 cm³/mol. The molecule has 0 unspecified atom stereocenters. The van der Waals surface area contributed by atoms with E-state index < -0.39 is 4.92 Å². The molecule has 0 bridgehead atoms. The average Bonchev–Trinajstić information content (AvgIpc) is 2.99. The van der Waals surface area contributed by atoms with E-state index in [1.165, 1.54) is 12.1 Å². The predicted octanol–water partition coefficient (Wildman–Crippen LogP) is 4.33. The quantitative estimate of drug-likeness (QED) is 0.436. The molecule has 7 nitrogen and oxygen atoms in total. The van der Waals surface area contributed by atoms with E-state index in [1.807, 2.05) is 13.0 Å². The highest BCUT2D eigenvalue weighted by molar-refractivity contribution is 6.15. The van der Waals surface area contributed by atoms with Crippen molar-refractivity contribution in [2.75, 3.05) is 13.3 Å². The Morgan fingerprint density at radius 1 is 1.28 bits per heavy atom. The van der Waals surface area contributed by atoms with Crippen LogP contribution in [0.25, 0.3) is 6.08 Å². The van der Waals surface area contributed by atoms with Gasteiger partial charge in [-0.3, -0.25) is 19.8 Å². The summed E-state index contributed by atoms with van der Waals surface area (Å²) >= 11 is 0. The van der Waals surface area contributed by atoms with Crippen LogP contribution in [0.2, 0.25) is 0 Å². The largest absolute Gasteiger partial charge is 0.478 e. The number of nitro benzene ring substituents is 1. The molecule has 0 saturated heterocycles. The number of hydrogen-bond donors (Lipinski definition) is 0. The first kappa shape index (κ1) is 19.1. The van der Waals surface area contributed by atoms with Gasteiger partial charge >= 0.3 is 0 Å². The molecule has 0 radical (unpaired) electrons. The molecule has 0 atom stereocenters. The summed E-state index contributed by atoms with van der Waals surface area (Å²) in [6.45, 7) is 8.25. The van der Waals surface area contributed by atoms with Crippen LogP contribution in [0.5, 0.6) is 11.5 Å². The second-order valence-electron chi connectivity index (χ2n) is 7.84. The molecule has 0 N–H and O–H groups in total. The Kier molecular flexibility index (Phi) is 4.84. The van der Waals surface area contributed by atoms with Crippen LogP contribution < -0.4 is 9.47 Å². The Bertz CT molecular complexity index is 1020. The lowest BCUT2D eigenvalue weighted by Gasteiger charge is -2.31. The number of ketones is 1. The molecular formula is C22H22N2O5. The van der Waals surface area contributed by atoms with E-state index in [1.54, 1.807) is 18.2 Å². The summed E-state index contributed by atoms with van der Waals surface area (Å²) in [5.41, 5.74) is 2.93. The average molecular weight is 394 g/mol. The lowest BCUT2D eigenvalue weighted by Crippen LogP contribution is -2.35. The number of carbonyl (C=O) groups excluding carboxylic acids is 1. The van der Waals surface area contributed by atoms with Gasteiger partial charge in [-0.2, -0.15) is 0 Å². The van der Waals surface area contributed by atoms with Gasteiger partial charge in [0, 0.05) is 25.2 Å². The van der Waals surface area contributed by atoms with Gasteiger partial charge < -0.3 is 9.47 Å². The fourth-order valence-electron chi connectivity index (χ4n) is 3.75. The fourth-order valence-corrected chi connectivity index (χ4v) is 3.75. The molecule has 0 fully saturated rings. The Labute approximate surface area is 168 Å². The van der Waals surface area contributed by atoms with Crippen molar-refractivity contribution >= 4 is 17.5 Å². The summed E-state index contributed by atoms with van der Waals surface area (Å²) in [6.07, 6.45) is 1.62. The number of fused-ring (bicyclic) bond motifs is 3. The minimum atomic E-state index is -0.456. The second-order valence-corrected chi connectivity index (χ2v) is 7.84. The maximum Gasteiger partial charge on any atom is 0.269 e. The molecule has 0 aliphatic carbocycles. The first-order valence-corrected chi connectivity index (χ1v) is 9.54. The third-order valence-corrected chi connectivity index (χ3v) is 5.01. The first-order valence-electron chi connectivity index (χ1n) is 9.54. The molecule has 0 saturated carbocycles. The minimum absolute atomic E-state index is 0.00131. The van der Waals surface area contributed by atoms with Crippen molar-refractivity contribution in [3.8, 4) is 11.5 Å². The topological polar surface area (TPSA) is 81.9 Å². The van der Waals surface area contributed by atoms with Gasteiger partial charge in [-0.1, -0.05) is 13.8 Å². The van der Waals surface area contributed by atoms with Crippen LogP contribution in [-0.4, -0.2) is 28.9 Å². The van der Waals surface area contributed by atoms with E-state index in [0.29, 0.717) is 36.1 Å². The highest BCUT2D eigenvalue weighted by Crippen LogP contribution is 2.44. The zero-order valence-corrected chi connectivity index (χ0v) is 16.6. The van der Waals surface area contributed by atoms with Crippen LogP contribution in [0, 0.1) is 23.0 Å². The van der Waals surface area contributed by atoms with Crippen molar-refractivity contribution in [3.05, 3.63) is 68.5 Å². The molecule has 4 rings (SSSR count). The number of carbonyl (C=O) groups is 1. The van der Waals surface area contributed by atoms with Crippen LogP contribution >= 0.6 is 0 Å². The van der Waals surface area contributed by atoms with Crippen molar-refractivity contribution in [2.24, 2.45) is 5.92 Å².